The lowest BCUT2D eigenvalue weighted by molar-refractivity contribution is 0.590. The van der Waals surface area contributed by atoms with Crippen LogP contribution >= 0.6 is 0 Å². The maximum absolute atomic E-state index is 4.42. The first-order valence-electron chi connectivity index (χ1n) is 6.63. The molecule has 1 aromatic rings. The van der Waals surface area contributed by atoms with Crippen LogP contribution in [0.3, 0.4) is 0 Å². The Labute approximate surface area is 113 Å². The largest absolute Gasteiger partial charge is 0.370 e. The lowest BCUT2D eigenvalue weighted by Gasteiger charge is -2.30. The van der Waals surface area contributed by atoms with Gasteiger partial charge < -0.3 is 4.90 Å². The summed E-state index contributed by atoms with van der Waals surface area (Å²) in [6.07, 6.45) is 0. The van der Waals surface area contributed by atoms with Crippen molar-refractivity contribution in [3.05, 3.63) is 29.8 Å². The van der Waals surface area contributed by atoms with Gasteiger partial charge in [-0.3, -0.25) is 4.36 Å². The third-order valence-electron chi connectivity index (χ3n) is 3.55. The number of anilines is 1. The Bertz CT molecular complexity index is 419. The molecule has 1 aliphatic heterocycles. The summed E-state index contributed by atoms with van der Waals surface area (Å²) in [5.41, 5.74) is 3.02. The van der Waals surface area contributed by atoms with E-state index in [1.165, 1.54) is 22.8 Å². The molecule has 2 rings (SSSR count). The van der Waals surface area contributed by atoms with Gasteiger partial charge >= 0.3 is 0 Å². The third kappa shape index (κ3) is 3.14. The zero-order chi connectivity index (χ0) is 13.2. The van der Waals surface area contributed by atoms with E-state index in [0.29, 0.717) is 10.7 Å². The lowest BCUT2D eigenvalue weighted by Crippen LogP contribution is -2.37. The average Bonchev–Trinajstić information content (AvgIpc) is 2.38. The minimum atomic E-state index is 0.244. The van der Waals surface area contributed by atoms with Gasteiger partial charge in [-0.2, -0.15) is 0 Å². The Morgan fingerprint density at radius 3 is 2.06 bits per heavy atom. The molecule has 0 aliphatic carbocycles. The Hall–Kier alpha value is -0.830. The molecule has 0 atom stereocenters. The van der Waals surface area contributed by atoms with Crippen molar-refractivity contribution in [2.45, 2.75) is 26.2 Å². The summed E-state index contributed by atoms with van der Waals surface area (Å²) >= 11 is 0. The molecular weight excluding hydrogens is 240 g/mol. The van der Waals surface area contributed by atoms with Crippen LogP contribution in [-0.2, 0) is 16.1 Å². The zero-order valence-corrected chi connectivity index (χ0v) is 12.8. The fourth-order valence-corrected chi connectivity index (χ4v) is 3.69. The highest BCUT2D eigenvalue weighted by atomic mass is 32.2. The highest BCUT2D eigenvalue weighted by Crippen LogP contribution is 2.25. The van der Waals surface area contributed by atoms with Gasteiger partial charge in [0.25, 0.3) is 0 Å². The number of nitrogens with zero attached hydrogens (tertiary/aromatic N) is 2. The van der Waals surface area contributed by atoms with Crippen LogP contribution in [0.4, 0.5) is 5.69 Å². The van der Waals surface area contributed by atoms with Gasteiger partial charge in [0.2, 0.25) is 0 Å². The monoisotopic (exact) mass is 264 g/mol. The van der Waals surface area contributed by atoms with Crippen molar-refractivity contribution in [2.75, 3.05) is 36.5 Å². The van der Waals surface area contributed by atoms with Gasteiger partial charge in [-0.15, -0.1) is 0 Å². The highest BCUT2D eigenvalue weighted by Gasteiger charge is 2.16. The Balaban J connectivity index is 2.07. The van der Waals surface area contributed by atoms with Gasteiger partial charge in [-0.05, 0) is 23.1 Å². The van der Waals surface area contributed by atoms with Gasteiger partial charge in [-0.1, -0.05) is 43.6 Å². The first kappa shape index (κ1) is 13.6. The molecule has 1 heterocycles. The summed E-state index contributed by atoms with van der Waals surface area (Å²) < 4.78 is 4.42. The van der Waals surface area contributed by atoms with Crippen molar-refractivity contribution in [1.29, 1.82) is 0 Å². The average molecular weight is 264 g/mol. The molecule has 0 N–H and O–H groups in total. The molecule has 0 amide bonds. The van der Waals surface area contributed by atoms with Gasteiger partial charge in [0.1, 0.15) is 0 Å². The molecule has 0 aromatic heterocycles. The molecule has 1 aliphatic rings. The molecule has 3 heteroatoms. The van der Waals surface area contributed by atoms with Gasteiger partial charge in [0, 0.05) is 37.3 Å². The molecule has 0 saturated carbocycles. The Kier molecular flexibility index (Phi) is 4.10. The number of hydrogen-bond donors (Lipinski definition) is 0. The van der Waals surface area contributed by atoms with E-state index >= 15 is 0 Å². The van der Waals surface area contributed by atoms with E-state index in [-0.39, 0.29) is 5.41 Å². The van der Waals surface area contributed by atoms with E-state index in [4.69, 9.17) is 0 Å². The van der Waals surface area contributed by atoms with Crippen LogP contribution in [-0.4, -0.2) is 31.6 Å². The second kappa shape index (κ2) is 5.43. The first-order chi connectivity index (χ1) is 8.50. The predicted octanol–water partition coefficient (Wildman–Crippen LogP) is 3.24. The molecular formula is C15H24N2S. The third-order valence-corrected chi connectivity index (χ3v) is 5.37. The van der Waals surface area contributed by atoms with Crippen LogP contribution in [0.2, 0.25) is 0 Å². The fraction of sp³-hybridized carbons (Fsp3) is 0.600. The quantitative estimate of drug-likeness (QED) is 0.760. The van der Waals surface area contributed by atoms with Crippen molar-refractivity contribution in [1.82, 2.24) is 0 Å². The molecule has 0 spiro atoms. The molecule has 1 fully saturated rings. The number of hydrogen-bond acceptors (Lipinski definition) is 2. The number of benzene rings is 1. The summed E-state index contributed by atoms with van der Waals surface area (Å²) in [6.45, 7) is 9.08. The zero-order valence-electron chi connectivity index (χ0n) is 11.9. The molecule has 2 nitrogen and oxygen atoms in total. The molecule has 0 radical (unpaired) electrons. The first-order valence-corrected chi connectivity index (χ1v) is 8.15. The SMILES string of the molecule is CN=S1CCN(c2ccc(C(C)(C)C)cc2)CC1. The van der Waals surface area contributed by atoms with Crippen LogP contribution < -0.4 is 4.90 Å². The van der Waals surface area contributed by atoms with Crippen molar-refractivity contribution < 1.29 is 0 Å². The summed E-state index contributed by atoms with van der Waals surface area (Å²) in [6, 6.07) is 9.09. The maximum Gasteiger partial charge on any atom is 0.0366 e. The normalized spacial score (nSPS) is 17.9. The van der Waals surface area contributed by atoms with Crippen LogP contribution in [0.25, 0.3) is 0 Å². The second-order valence-corrected chi connectivity index (χ2v) is 7.94. The second-order valence-electron chi connectivity index (χ2n) is 5.84. The van der Waals surface area contributed by atoms with E-state index in [0.717, 1.165) is 13.1 Å². The minimum absolute atomic E-state index is 0.244. The Morgan fingerprint density at radius 2 is 1.61 bits per heavy atom. The molecule has 100 valence electrons. The summed E-state index contributed by atoms with van der Waals surface area (Å²) in [5, 5.41) is 0. The molecule has 1 aromatic carbocycles. The lowest BCUT2D eigenvalue weighted by atomic mass is 9.87. The number of rotatable bonds is 1. The molecule has 0 unspecified atom stereocenters. The van der Waals surface area contributed by atoms with Crippen molar-refractivity contribution in [2.24, 2.45) is 4.36 Å². The summed E-state index contributed by atoms with van der Waals surface area (Å²) in [4.78, 5) is 2.49. The van der Waals surface area contributed by atoms with E-state index in [1.807, 2.05) is 7.05 Å². The topological polar surface area (TPSA) is 15.6 Å². The van der Waals surface area contributed by atoms with Gasteiger partial charge in [0.15, 0.2) is 0 Å². The van der Waals surface area contributed by atoms with E-state index in [9.17, 15) is 0 Å². The summed E-state index contributed by atoms with van der Waals surface area (Å²) in [5.74, 6) is 2.44. The van der Waals surface area contributed by atoms with Crippen molar-refractivity contribution >= 4 is 16.4 Å². The van der Waals surface area contributed by atoms with Crippen molar-refractivity contribution in [3.8, 4) is 0 Å². The van der Waals surface area contributed by atoms with Crippen LogP contribution in [0.15, 0.2) is 28.6 Å². The predicted molar refractivity (Wildman–Crippen MR) is 82.8 cm³/mol. The van der Waals surface area contributed by atoms with Crippen LogP contribution in [0.5, 0.6) is 0 Å². The molecule has 1 saturated heterocycles. The standard InChI is InChI=1S/C15H24N2S/c1-15(2,3)13-5-7-14(8-6-13)17-9-11-18(16-4)12-10-17/h5-8H,9-12H2,1-4H3. The smallest absolute Gasteiger partial charge is 0.0366 e. The molecule has 18 heavy (non-hydrogen) atoms. The fourth-order valence-electron chi connectivity index (χ4n) is 2.26. The van der Waals surface area contributed by atoms with E-state index in [1.54, 1.807) is 0 Å². The van der Waals surface area contributed by atoms with E-state index in [2.05, 4.69) is 54.3 Å². The van der Waals surface area contributed by atoms with Crippen molar-refractivity contribution in [3.63, 3.8) is 0 Å². The Morgan fingerprint density at radius 1 is 1.06 bits per heavy atom. The van der Waals surface area contributed by atoms with E-state index < -0.39 is 0 Å². The van der Waals surface area contributed by atoms with Crippen LogP contribution in [0.1, 0.15) is 26.3 Å². The summed E-state index contributed by atoms with van der Waals surface area (Å²) in [7, 11) is 2.27. The van der Waals surface area contributed by atoms with Gasteiger partial charge in [0.05, 0.1) is 0 Å². The highest BCUT2D eigenvalue weighted by molar-refractivity contribution is 7.87. The van der Waals surface area contributed by atoms with Gasteiger partial charge in [-0.25, -0.2) is 0 Å². The molecule has 0 bridgehead atoms. The van der Waals surface area contributed by atoms with Crippen LogP contribution in [0, 0.1) is 0 Å². The maximum atomic E-state index is 4.42. The minimum Gasteiger partial charge on any atom is -0.370 e.